The molecule has 0 amide bonds. The summed E-state index contributed by atoms with van der Waals surface area (Å²) in [6.45, 7) is 1.73. The molecule has 2 N–H and O–H groups in total. The number of para-hydroxylation sites is 1. The van der Waals surface area contributed by atoms with Crippen LogP contribution in [-0.2, 0) is 0 Å². The molecule has 0 aliphatic carbocycles. The first-order chi connectivity index (χ1) is 7.77. The van der Waals surface area contributed by atoms with E-state index in [0.29, 0.717) is 5.69 Å². The first-order valence-corrected chi connectivity index (χ1v) is 5.31. The summed E-state index contributed by atoms with van der Waals surface area (Å²) in [4.78, 5) is 7.53. The van der Waals surface area contributed by atoms with Crippen molar-refractivity contribution >= 4 is 21.8 Å². The van der Waals surface area contributed by atoms with Crippen molar-refractivity contribution < 1.29 is 5.11 Å². The fourth-order valence-electron chi connectivity index (χ4n) is 2.11. The molecule has 3 heteroatoms. The topological polar surface area (TPSA) is 48.9 Å². The van der Waals surface area contributed by atoms with Gasteiger partial charge >= 0.3 is 0 Å². The molecule has 0 saturated carbocycles. The van der Waals surface area contributed by atoms with Gasteiger partial charge in [0.25, 0.3) is 0 Å². The normalized spacial score (nSPS) is 13.4. The minimum atomic E-state index is -0.559. The number of benzene rings is 1. The molecule has 80 valence electrons. The minimum absolute atomic E-state index is 0.559. The maximum Gasteiger partial charge on any atom is 0.0953 e. The van der Waals surface area contributed by atoms with Gasteiger partial charge in [-0.2, -0.15) is 0 Å². The number of nitrogens with zero attached hydrogens (tertiary/aromatic N) is 1. The quantitative estimate of drug-likeness (QED) is 0.651. The van der Waals surface area contributed by atoms with Crippen LogP contribution in [-0.4, -0.2) is 15.1 Å². The SMILES string of the molecule is C[C@@H](O)c1nccc2c1[nH]c1ccccc12. The van der Waals surface area contributed by atoms with Gasteiger partial charge in [0.2, 0.25) is 0 Å². The van der Waals surface area contributed by atoms with Crippen molar-refractivity contribution in [2.45, 2.75) is 13.0 Å². The molecule has 0 radical (unpaired) electrons. The van der Waals surface area contributed by atoms with Crippen molar-refractivity contribution in [2.24, 2.45) is 0 Å². The molecule has 2 aromatic heterocycles. The largest absolute Gasteiger partial charge is 0.387 e. The molecule has 3 rings (SSSR count). The van der Waals surface area contributed by atoms with Gasteiger partial charge in [0.05, 0.1) is 17.3 Å². The lowest BCUT2D eigenvalue weighted by molar-refractivity contribution is 0.196. The molecule has 0 fully saturated rings. The third-order valence-corrected chi connectivity index (χ3v) is 2.85. The van der Waals surface area contributed by atoms with E-state index in [0.717, 1.165) is 16.4 Å². The summed E-state index contributed by atoms with van der Waals surface area (Å²) < 4.78 is 0. The number of aromatic nitrogens is 2. The molecule has 1 aromatic carbocycles. The molecule has 3 nitrogen and oxygen atoms in total. The van der Waals surface area contributed by atoms with Gasteiger partial charge in [-0.3, -0.25) is 4.98 Å². The van der Waals surface area contributed by atoms with Crippen molar-refractivity contribution in [1.82, 2.24) is 9.97 Å². The van der Waals surface area contributed by atoms with Gasteiger partial charge in [0.1, 0.15) is 0 Å². The summed E-state index contributed by atoms with van der Waals surface area (Å²) in [5.41, 5.74) is 2.71. The fraction of sp³-hybridized carbons (Fsp3) is 0.154. The van der Waals surface area contributed by atoms with E-state index in [-0.39, 0.29) is 0 Å². The maximum atomic E-state index is 9.66. The predicted octanol–water partition coefficient (Wildman–Crippen LogP) is 2.77. The van der Waals surface area contributed by atoms with Gasteiger partial charge in [-0.15, -0.1) is 0 Å². The first-order valence-electron chi connectivity index (χ1n) is 5.31. The lowest BCUT2D eigenvalue weighted by atomic mass is 10.1. The lowest BCUT2D eigenvalue weighted by Crippen LogP contribution is -1.95. The van der Waals surface area contributed by atoms with Crippen LogP contribution >= 0.6 is 0 Å². The highest BCUT2D eigenvalue weighted by molar-refractivity contribution is 6.07. The summed E-state index contributed by atoms with van der Waals surface area (Å²) in [7, 11) is 0. The van der Waals surface area contributed by atoms with E-state index in [1.807, 2.05) is 24.3 Å². The summed E-state index contributed by atoms with van der Waals surface area (Å²) >= 11 is 0. The Balaban J connectivity index is 2.49. The summed E-state index contributed by atoms with van der Waals surface area (Å²) in [5.74, 6) is 0. The highest BCUT2D eigenvalue weighted by Gasteiger charge is 2.11. The minimum Gasteiger partial charge on any atom is -0.387 e. The second-order valence-electron chi connectivity index (χ2n) is 3.97. The number of aliphatic hydroxyl groups is 1. The van der Waals surface area contributed by atoms with E-state index in [2.05, 4.69) is 16.0 Å². The Morgan fingerprint density at radius 2 is 2.00 bits per heavy atom. The van der Waals surface area contributed by atoms with Crippen LogP contribution in [0.1, 0.15) is 18.7 Å². The van der Waals surface area contributed by atoms with Gasteiger partial charge in [-0.05, 0) is 19.1 Å². The van der Waals surface area contributed by atoms with Crippen LogP contribution in [0.15, 0.2) is 36.5 Å². The molecule has 0 aliphatic heterocycles. The number of aromatic amines is 1. The van der Waals surface area contributed by atoms with E-state index in [1.54, 1.807) is 13.1 Å². The monoisotopic (exact) mass is 212 g/mol. The zero-order valence-electron chi connectivity index (χ0n) is 8.94. The Morgan fingerprint density at radius 3 is 2.81 bits per heavy atom. The number of hydrogen-bond acceptors (Lipinski definition) is 2. The van der Waals surface area contributed by atoms with Crippen molar-refractivity contribution in [1.29, 1.82) is 0 Å². The number of aliphatic hydroxyl groups excluding tert-OH is 1. The molecular formula is C13H12N2O. The number of nitrogens with one attached hydrogen (secondary N) is 1. The van der Waals surface area contributed by atoms with Crippen molar-refractivity contribution in [2.75, 3.05) is 0 Å². The number of H-pyrrole nitrogens is 1. The Bertz CT molecular complexity index is 655. The number of hydrogen-bond donors (Lipinski definition) is 2. The molecular weight excluding hydrogens is 200 g/mol. The highest BCUT2D eigenvalue weighted by atomic mass is 16.3. The van der Waals surface area contributed by atoms with Crippen LogP contribution in [0.4, 0.5) is 0 Å². The summed E-state index contributed by atoms with van der Waals surface area (Å²) in [6, 6.07) is 10.1. The summed E-state index contributed by atoms with van der Waals surface area (Å²) in [6.07, 6.45) is 1.18. The van der Waals surface area contributed by atoms with Crippen LogP contribution in [0, 0.1) is 0 Å². The molecule has 16 heavy (non-hydrogen) atoms. The molecule has 0 spiro atoms. The van der Waals surface area contributed by atoms with E-state index in [1.165, 1.54) is 5.39 Å². The van der Waals surface area contributed by atoms with Crippen molar-refractivity contribution in [3.05, 3.63) is 42.2 Å². The van der Waals surface area contributed by atoms with Crippen LogP contribution in [0.5, 0.6) is 0 Å². The fourth-order valence-corrected chi connectivity index (χ4v) is 2.11. The number of pyridine rings is 1. The number of fused-ring (bicyclic) bond motifs is 3. The van der Waals surface area contributed by atoms with Gasteiger partial charge < -0.3 is 10.1 Å². The van der Waals surface area contributed by atoms with Crippen LogP contribution in [0.25, 0.3) is 21.8 Å². The second kappa shape index (κ2) is 3.32. The van der Waals surface area contributed by atoms with Crippen molar-refractivity contribution in [3.8, 4) is 0 Å². The Morgan fingerprint density at radius 1 is 1.19 bits per heavy atom. The molecule has 0 unspecified atom stereocenters. The molecule has 0 aliphatic rings. The predicted molar refractivity (Wildman–Crippen MR) is 64.2 cm³/mol. The molecule has 0 bridgehead atoms. The maximum absolute atomic E-state index is 9.66. The molecule has 1 atom stereocenters. The lowest BCUT2D eigenvalue weighted by Gasteiger charge is -2.03. The van der Waals surface area contributed by atoms with E-state index in [4.69, 9.17) is 0 Å². The standard InChI is InChI=1S/C13H12N2O/c1-8(16)12-13-10(6-7-14-12)9-4-2-3-5-11(9)15-13/h2-8,15-16H,1H3/t8-/m1/s1. The second-order valence-corrected chi connectivity index (χ2v) is 3.97. The molecule has 2 heterocycles. The molecule has 3 aromatic rings. The Kier molecular flexibility index (Phi) is 1.94. The number of rotatable bonds is 1. The van der Waals surface area contributed by atoms with Crippen LogP contribution < -0.4 is 0 Å². The zero-order chi connectivity index (χ0) is 11.1. The van der Waals surface area contributed by atoms with Gasteiger partial charge in [-0.25, -0.2) is 0 Å². The van der Waals surface area contributed by atoms with E-state index in [9.17, 15) is 5.11 Å². The van der Waals surface area contributed by atoms with Crippen molar-refractivity contribution in [3.63, 3.8) is 0 Å². The van der Waals surface area contributed by atoms with Gasteiger partial charge in [-0.1, -0.05) is 18.2 Å². The van der Waals surface area contributed by atoms with Gasteiger partial charge in [0, 0.05) is 22.5 Å². The first kappa shape index (κ1) is 9.36. The Labute approximate surface area is 92.7 Å². The summed E-state index contributed by atoms with van der Waals surface area (Å²) in [5, 5.41) is 11.9. The van der Waals surface area contributed by atoms with Crippen LogP contribution in [0.3, 0.4) is 0 Å². The zero-order valence-corrected chi connectivity index (χ0v) is 8.94. The van der Waals surface area contributed by atoms with Gasteiger partial charge in [0.15, 0.2) is 0 Å². The van der Waals surface area contributed by atoms with E-state index < -0.39 is 6.10 Å². The smallest absolute Gasteiger partial charge is 0.0953 e. The third kappa shape index (κ3) is 1.22. The Hall–Kier alpha value is -1.87. The van der Waals surface area contributed by atoms with Crippen LogP contribution in [0.2, 0.25) is 0 Å². The average Bonchev–Trinajstić information content (AvgIpc) is 2.67. The third-order valence-electron chi connectivity index (χ3n) is 2.85. The average molecular weight is 212 g/mol. The van der Waals surface area contributed by atoms with E-state index >= 15 is 0 Å². The highest BCUT2D eigenvalue weighted by Crippen LogP contribution is 2.28. The molecule has 0 saturated heterocycles.